The van der Waals surface area contributed by atoms with Crippen LogP contribution in [0.15, 0.2) is 30.9 Å². The molecule has 0 atom stereocenters. The van der Waals surface area contributed by atoms with Gasteiger partial charge < -0.3 is 19.5 Å². The van der Waals surface area contributed by atoms with Crippen LogP contribution in [0, 0.1) is 0 Å². The molecule has 1 aliphatic heterocycles. The number of carbonyl (C=O) groups excluding carboxylic acids is 1. The molecule has 0 spiro atoms. The number of carbonyl (C=O) groups is 1. The second-order valence-electron chi connectivity index (χ2n) is 3.40. The first-order valence-corrected chi connectivity index (χ1v) is 5.19. The van der Waals surface area contributed by atoms with Crippen molar-refractivity contribution in [1.82, 2.24) is 5.32 Å². The van der Waals surface area contributed by atoms with Gasteiger partial charge in [0.1, 0.15) is 5.75 Å². The highest BCUT2D eigenvalue weighted by Gasteiger charge is 2.13. The van der Waals surface area contributed by atoms with Gasteiger partial charge in [-0.25, -0.2) is 0 Å². The second kappa shape index (κ2) is 5.25. The van der Waals surface area contributed by atoms with E-state index in [1.165, 1.54) is 0 Å². The fourth-order valence-electron chi connectivity index (χ4n) is 1.35. The Hall–Kier alpha value is -2.17. The van der Waals surface area contributed by atoms with Crippen molar-refractivity contribution in [1.29, 1.82) is 0 Å². The van der Waals surface area contributed by atoms with Crippen LogP contribution < -0.4 is 19.5 Å². The molecule has 0 bridgehead atoms. The standard InChI is InChI=1S/C12H13NO4/c1-2-5-13-12(14)7-15-9-3-4-10-11(6-9)17-8-16-10/h2-4,6H,1,5,7-8H2,(H,13,14). The number of hydrogen-bond acceptors (Lipinski definition) is 4. The highest BCUT2D eigenvalue weighted by Crippen LogP contribution is 2.34. The Balaban J connectivity index is 1.87. The summed E-state index contributed by atoms with van der Waals surface area (Å²) in [6, 6.07) is 5.18. The average molecular weight is 235 g/mol. The summed E-state index contributed by atoms with van der Waals surface area (Å²) in [5, 5.41) is 2.62. The van der Waals surface area contributed by atoms with Crippen LogP contribution in [0.5, 0.6) is 17.2 Å². The van der Waals surface area contributed by atoms with E-state index in [0.717, 1.165) is 0 Å². The van der Waals surface area contributed by atoms with Crippen molar-refractivity contribution in [3.05, 3.63) is 30.9 Å². The Kier molecular flexibility index (Phi) is 3.49. The number of amides is 1. The molecule has 17 heavy (non-hydrogen) atoms. The minimum atomic E-state index is -0.192. The van der Waals surface area contributed by atoms with Gasteiger partial charge in [0.05, 0.1) is 0 Å². The van der Waals surface area contributed by atoms with E-state index in [9.17, 15) is 4.79 Å². The maximum Gasteiger partial charge on any atom is 0.258 e. The normalized spacial score (nSPS) is 12.0. The third-order valence-corrected chi connectivity index (χ3v) is 2.16. The number of rotatable bonds is 5. The first kappa shape index (κ1) is 11.3. The van der Waals surface area contributed by atoms with Gasteiger partial charge in [-0.05, 0) is 12.1 Å². The lowest BCUT2D eigenvalue weighted by Crippen LogP contribution is -2.28. The second-order valence-corrected chi connectivity index (χ2v) is 3.40. The molecule has 0 aliphatic carbocycles. The van der Waals surface area contributed by atoms with Crippen molar-refractivity contribution in [2.45, 2.75) is 0 Å². The summed E-state index contributed by atoms with van der Waals surface area (Å²) in [6.45, 7) is 4.12. The molecular weight excluding hydrogens is 222 g/mol. The summed E-state index contributed by atoms with van der Waals surface area (Å²) in [6.07, 6.45) is 1.61. The van der Waals surface area contributed by atoms with Gasteiger partial charge in [0.25, 0.3) is 5.91 Å². The minimum absolute atomic E-state index is 0.0342. The average Bonchev–Trinajstić information content (AvgIpc) is 2.81. The summed E-state index contributed by atoms with van der Waals surface area (Å²) in [4.78, 5) is 11.3. The zero-order valence-corrected chi connectivity index (χ0v) is 9.27. The molecular formula is C12H13NO4. The van der Waals surface area contributed by atoms with E-state index in [1.54, 1.807) is 24.3 Å². The van der Waals surface area contributed by atoms with Crippen LogP contribution in [-0.2, 0) is 4.79 Å². The van der Waals surface area contributed by atoms with Crippen molar-refractivity contribution < 1.29 is 19.0 Å². The number of benzene rings is 1. The van der Waals surface area contributed by atoms with Crippen LogP contribution in [0.25, 0.3) is 0 Å². The molecule has 2 rings (SSSR count). The van der Waals surface area contributed by atoms with Gasteiger partial charge in [-0.15, -0.1) is 6.58 Å². The van der Waals surface area contributed by atoms with Crippen LogP contribution in [0.4, 0.5) is 0 Å². The molecule has 0 fully saturated rings. The largest absolute Gasteiger partial charge is 0.484 e. The van der Waals surface area contributed by atoms with Crippen LogP contribution in [0.3, 0.4) is 0 Å². The van der Waals surface area contributed by atoms with E-state index in [0.29, 0.717) is 23.8 Å². The van der Waals surface area contributed by atoms with Crippen LogP contribution >= 0.6 is 0 Å². The first-order chi connectivity index (χ1) is 8.29. The maximum absolute atomic E-state index is 11.3. The molecule has 1 aliphatic rings. The predicted octanol–water partition coefficient (Wildman–Crippen LogP) is 1.10. The third-order valence-electron chi connectivity index (χ3n) is 2.16. The van der Waals surface area contributed by atoms with E-state index in [-0.39, 0.29) is 19.3 Å². The third kappa shape index (κ3) is 2.90. The van der Waals surface area contributed by atoms with E-state index in [2.05, 4.69) is 11.9 Å². The molecule has 1 amide bonds. The summed E-state index contributed by atoms with van der Waals surface area (Å²) >= 11 is 0. The molecule has 5 nitrogen and oxygen atoms in total. The fraction of sp³-hybridized carbons (Fsp3) is 0.250. The molecule has 0 aromatic heterocycles. The van der Waals surface area contributed by atoms with Gasteiger partial charge >= 0.3 is 0 Å². The smallest absolute Gasteiger partial charge is 0.258 e. The Bertz CT molecular complexity index is 431. The molecule has 1 N–H and O–H groups in total. The van der Waals surface area contributed by atoms with Crippen molar-refractivity contribution >= 4 is 5.91 Å². The van der Waals surface area contributed by atoms with Crippen molar-refractivity contribution in [2.75, 3.05) is 19.9 Å². The minimum Gasteiger partial charge on any atom is -0.484 e. The lowest BCUT2D eigenvalue weighted by Gasteiger charge is -2.06. The monoisotopic (exact) mass is 235 g/mol. The van der Waals surface area contributed by atoms with Crippen molar-refractivity contribution in [3.8, 4) is 17.2 Å². The van der Waals surface area contributed by atoms with Crippen molar-refractivity contribution in [2.24, 2.45) is 0 Å². The van der Waals surface area contributed by atoms with Gasteiger partial charge in [-0.3, -0.25) is 4.79 Å². The van der Waals surface area contributed by atoms with Gasteiger partial charge in [-0.2, -0.15) is 0 Å². The molecule has 90 valence electrons. The first-order valence-electron chi connectivity index (χ1n) is 5.19. The van der Waals surface area contributed by atoms with E-state index >= 15 is 0 Å². The lowest BCUT2D eigenvalue weighted by atomic mass is 10.3. The van der Waals surface area contributed by atoms with Crippen LogP contribution in [0.2, 0.25) is 0 Å². The Morgan fingerprint density at radius 1 is 1.47 bits per heavy atom. The van der Waals surface area contributed by atoms with Gasteiger partial charge in [0.2, 0.25) is 6.79 Å². The molecule has 1 heterocycles. The zero-order chi connectivity index (χ0) is 12.1. The van der Waals surface area contributed by atoms with Crippen molar-refractivity contribution in [3.63, 3.8) is 0 Å². The zero-order valence-electron chi connectivity index (χ0n) is 9.27. The number of fused-ring (bicyclic) bond motifs is 1. The highest BCUT2D eigenvalue weighted by atomic mass is 16.7. The van der Waals surface area contributed by atoms with Gasteiger partial charge in [0, 0.05) is 12.6 Å². The quantitative estimate of drug-likeness (QED) is 0.776. The predicted molar refractivity (Wildman–Crippen MR) is 61.3 cm³/mol. The fourth-order valence-corrected chi connectivity index (χ4v) is 1.35. The Morgan fingerprint density at radius 2 is 2.29 bits per heavy atom. The van der Waals surface area contributed by atoms with Crippen LogP contribution in [0.1, 0.15) is 0 Å². The summed E-state index contributed by atoms with van der Waals surface area (Å²) in [5.41, 5.74) is 0. The Labute approximate surface area is 99.0 Å². The molecule has 1 aromatic rings. The number of nitrogens with one attached hydrogen (secondary N) is 1. The molecule has 0 saturated heterocycles. The van der Waals surface area contributed by atoms with E-state index in [1.807, 2.05) is 0 Å². The lowest BCUT2D eigenvalue weighted by molar-refractivity contribution is -0.122. The molecule has 5 heteroatoms. The maximum atomic E-state index is 11.3. The van der Waals surface area contributed by atoms with E-state index in [4.69, 9.17) is 14.2 Å². The number of hydrogen-bond donors (Lipinski definition) is 1. The van der Waals surface area contributed by atoms with Crippen LogP contribution in [-0.4, -0.2) is 25.9 Å². The van der Waals surface area contributed by atoms with Gasteiger partial charge in [0.15, 0.2) is 18.1 Å². The van der Waals surface area contributed by atoms with Gasteiger partial charge in [-0.1, -0.05) is 6.08 Å². The summed E-state index contributed by atoms with van der Waals surface area (Å²) < 4.78 is 15.7. The molecule has 0 radical (unpaired) electrons. The SMILES string of the molecule is C=CCNC(=O)COc1ccc2c(c1)OCO2. The highest BCUT2D eigenvalue weighted by molar-refractivity contribution is 5.77. The number of ether oxygens (including phenoxy) is 3. The Morgan fingerprint density at radius 3 is 3.12 bits per heavy atom. The molecule has 0 unspecified atom stereocenters. The molecule has 0 saturated carbocycles. The molecule has 1 aromatic carbocycles. The van der Waals surface area contributed by atoms with E-state index < -0.39 is 0 Å². The summed E-state index contributed by atoms with van der Waals surface area (Å²) in [7, 11) is 0. The topological polar surface area (TPSA) is 56.8 Å². The summed E-state index contributed by atoms with van der Waals surface area (Å²) in [5.74, 6) is 1.70.